The van der Waals surface area contributed by atoms with E-state index in [1.165, 1.54) is 0 Å². The van der Waals surface area contributed by atoms with Gasteiger partial charge >= 0.3 is 0 Å². The third-order valence-electron chi connectivity index (χ3n) is 1.23. The summed E-state index contributed by atoms with van der Waals surface area (Å²) in [5.41, 5.74) is 6.37. The highest BCUT2D eigenvalue weighted by Gasteiger charge is 1.93. The lowest BCUT2D eigenvalue weighted by atomic mass is 10.1. The third kappa shape index (κ3) is 1.54. The summed E-state index contributed by atoms with van der Waals surface area (Å²) in [5, 5.41) is 0. The predicted octanol–water partition coefficient (Wildman–Crippen LogP) is 1.71. The van der Waals surface area contributed by atoms with Crippen LogP contribution in [0.25, 0.3) is 0 Å². The van der Waals surface area contributed by atoms with Crippen LogP contribution in [0.2, 0.25) is 0 Å². The largest absolute Gasteiger partial charge is 0.324 e. The second-order valence-corrected chi connectivity index (χ2v) is 2.05. The van der Waals surface area contributed by atoms with Crippen molar-refractivity contribution in [3.63, 3.8) is 0 Å². The number of benzene rings is 1. The zero-order valence-corrected chi connectivity index (χ0v) is 5.46. The molecule has 0 aliphatic heterocycles. The Bertz CT molecular complexity index is 200. The Morgan fingerprint density at radius 1 is 1.44 bits per heavy atom. The van der Waals surface area contributed by atoms with Gasteiger partial charge in [0.15, 0.2) is 0 Å². The molecule has 0 spiro atoms. The molecule has 0 aliphatic rings. The first-order chi connectivity index (χ1) is 4.61. The smallest absolute Gasteiger partial charge is 0.0511 e. The molecule has 9 heavy (non-hydrogen) atoms. The number of rotatable bonds is 1. The van der Waals surface area contributed by atoms with Gasteiger partial charge in [-0.2, -0.15) is 0 Å². The molecule has 0 fully saturated rings. The molecule has 0 heterocycles. The maximum atomic E-state index is 7.45. The first-order valence-electron chi connectivity index (χ1n) is 3.45. The average Bonchev–Trinajstić information content (AvgIpc) is 1.88. The highest BCUT2D eigenvalue weighted by Crippen LogP contribution is 2.06. The van der Waals surface area contributed by atoms with E-state index in [4.69, 9.17) is 7.10 Å². The van der Waals surface area contributed by atoms with Gasteiger partial charge in [-0.15, -0.1) is 0 Å². The van der Waals surface area contributed by atoms with Crippen molar-refractivity contribution in [3.8, 4) is 0 Å². The van der Waals surface area contributed by atoms with E-state index in [1.807, 2.05) is 30.3 Å². The molecule has 1 aromatic rings. The van der Waals surface area contributed by atoms with Crippen LogP contribution in [0.15, 0.2) is 30.3 Å². The maximum Gasteiger partial charge on any atom is 0.0511 e. The van der Waals surface area contributed by atoms with Crippen LogP contribution < -0.4 is 5.73 Å². The molecule has 0 saturated carbocycles. The summed E-state index contributed by atoms with van der Waals surface area (Å²) in [6, 6.07) is 8.43. The van der Waals surface area contributed by atoms with Crippen molar-refractivity contribution >= 4 is 0 Å². The Labute approximate surface area is 56.9 Å². The molecule has 1 heteroatoms. The molecule has 0 aromatic heterocycles. The summed E-state index contributed by atoms with van der Waals surface area (Å²) in [6.45, 7) is 1.67. The van der Waals surface area contributed by atoms with Gasteiger partial charge in [-0.3, -0.25) is 0 Å². The Hall–Kier alpha value is -0.820. The lowest BCUT2D eigenvalue weighted by molar-refractivity contribution is 0.818. The number of hydrogen-bond donors (Lipinski definition) is 1. The van der Waals surface area contributed by atoms with Gasteiger partial charge in [-0.25, -0.2) is 0 Å². The van der Waals surface area contributed by atoms with Gasteiger partial charge in [0, 0.05) is 6.02 Å². The lowest BCUT2D eigenvalue weighted by Gasteiger charge is -2.02. The maximum absolute atomic E-state index is 7.45. The quantitative estimate of drug-likeness (QED) is 0.603. The molecular weight excluding hydrogens is 110 g/mol. The van der Waals surface area contributed by atoms with E-state index in [1.54, 1.807) is 6.92 Å². The highest BCUT2D eigenvalue weighted by atomic mass is 14.6. The number of hydrogen-bond acceptors (Lipinski definition) is 1. The molecule has 1 aromatic carbocycles. The van der Waals surface area contributed by atoms with Crippen molar-refractivity contribution < 1.29 is 1.37 Å². The van der Waals surface area contributed by atoms with Gasteiger partial charge in [0.25, 0.3) is 0 Å². The molecule has 1 nitrogen and oxygen atoms in total. The summed E-state index contributed by atoms with van der Waals surface area (Å²) in [6.07, 6.45) is 0. The lowest BCUT2D eigenvalue weighted by Crippen LogP contribution is -2.03. The minimum atomic E-state index is -0.957. The summed E-state index contributed by atoms with van der Waals surface area (Å²) < 4.78 is 7.45. The van der Waals surface area contributed by atoms with Gasteiger partial charge in [0.2, 0.25) is 0 Å². The second-order valence-electron chi connectivity index (χ2n) is 2.05. The Morgan fingerprint density at radius 3 is 2.33 bits per heavy atom. The Balaban J connectivity index is 2.97. The normalized spacial score (nSPS) is 18.2. The Morgan fingerprint density at radius 2 is 2.00 bits per heavy atom. The van der Waals surface area contributed by atoms with Crippen LogP contribution in [0.5, 0.6) is 0 Å². The molecule has 0 aliphatic carbocycles. The SMILES string of the molecule is [2H]C(C)(N)c1ccccc1. The van der Waals surface area contributed by atoms with Crippen molar-refractivity contribution in [3.05, 3.63) is 35.9 Å². The van der Waals surface area contributed by atoms with Gasteiger partial charge in [-0.1, -0.05) is 30.3 Å². The van der Waals surface area contributed by atoms with Crippen LogP contribution in [0.4, 0.5) is 0 Å². The summed E-state index contributed by atoms with van der Waals surface area (Å²) in [4.78, 5) is 0. The fourth-order valence-corrected chi connectivity index (χ4v) is 0.701. The first kappa shape index (κ1) is 5.00. The molecule has 48 valence electrons. The van der Waals surface area contributed by atoms with Crippen LogP contribution in [0.1, 0.15) is 19.9 Å². The van der Waals surface area contributed by atoms with E-state index in [0.29, 0.717) is 0 Å². The molecule has 1 atom stereocenters. The van der Waals surface area contributed by atoms with Crippen molar-refractivity contribution in [2.75, 3.05) is 0 Å². The minimum Gasteiger partial charge on any atom is -0.324 e. The molecule has 0 radical (unpaired) electrons. The fourth-order valence-electron chi connectivity index (χ4n) is 0.701. The van der Waals surface area contributed by atoms with Gasteiger partial charge in [0.1, 0.15) is 0 Å². The topological polar surface area (TPSA) is 26.0 Å². The molecule has 0 saturated heterocycles. The van der Waals surface area contributed by atoms with Gasteiger partial charge in [-0.05, 0) is 12.5 Å². The predicted molar refractivity (Wildman–Crippen MR) is 39.0 cm³/mol. The Kier molecular flexibility index (Phi) is 1.47. The van der Waals surface area contributed by atoms with Crippen LogP contribution in [-0.4, -0.2) is 0 Å². The van der Waals surface area contributed by atoms with Crippen molar-refractivity contribution in [1.29, 1.82) is 0 Å². The van der Waals surface area contributed by atoms with E-state index in [-0.39, 0.29) is 0 Å². The average molecular weight is 122 g/mol. The third-order valence-corrected chi connectivity index (χ3v) is 1.23. The molecule has 0 amide bonds. The molecule has 0 bridgehead atoms. The second kappa shape index (κ2) is 2.65. The van der Waals surface area contributed by atoms with E-state index in [0.717, 1.165) is 5.56 Å². The zero-order chi connectivity index (χ0) is 7.61. The van der Waals surface area contributed by atoms with Crippen molar-refractivity contribution in [1.82, 2.24) is 0 Å². The highest BCUT2D eigenvalue weighted by molar-refractivity contribution is 5.17. The molecule has 2 N–H and O–H groups in total. The van der Waals surface area contributed by atoms with Crippen LogP contribution in [-0.2, 0) is 0 Å². The summed E-state index contributed by atoms with van der Waals surface area (Å²) >= 11 is 0. The van der Waals surface area contributed by atoms with Gasteiger partial charge < -0.3 is 5.73 Å². The molecule has 1 unspecified atom stereocenters. The minimum absolute atomic E-state index is 0.843. The monoisotopic (exact) mass is 122 g/mol. The van der Waals surface area contributed by atoms with Crippen molar-refractivity contribution in [2.45, 2.75) is 12.9 Å². The first-order valence-corrected chi connectivity index (χ1v) is 2.95. The number of nitrogens with two attached hydrogens (primary N) is 1. The van der Waals surface area contributed by atoms with Crippen LogP contribution in [0, 0.1) is 0 Å². The van der Waals surface area contributed by atoms with Gasteiger partial charge in [0.05, 0.1) is 1.37 Å². The van der Waals surface area contributed by atoms with Crippen LogP contribution >= 0.6 is 0 Å². The van der Waals surface area contributed by atoms with E-state index in [9.17, 15) is 0 Å². The molecular formula is C8H11N. The van der Waals surface area contributed by atoms with Crippen molar-refractivity contribution in [2.24, 2.45) is 5.73 Å². The van der Waals surface area contributed by atoms with E-state index < -0.39 is 6.02 Å². The summed E-state index contributed by atoms with van der Waals surface area (Å²) in [7, 11) is 0. The van der Waals surface area contributed by atoms with E-state index in [2.05, 4.69) is 0 Å². The standard InChI is InChI=1S/C8H11N/c1-7(9)8-5-3-2-4-6-8/h2-7H,9H2,1H3/i7D. The fraction of sp³-hybridized carbons (Fsp3) is 0.250. The van der Waals surface area contributed by atoms with Crippen LogP contribution in [0.3, 0.4) is 0 Å². The zero-order valence-electron chi connectivity index (χ0n) is 6.46. The molecule has 1 rings (SSSR count). The van der Waals surface area contributed by atoms with E-state index >= 15 is 0 Å². The summed E-state index contributed by atoms with van der Waals surface area (Å²) in [5.74, 6) is 0.